The molecule has 100 valence electrons. The highest BCUT2D eigenvalue weighted by atomic mass is 19.1. The average molecular weight is 252 g/mol. The van der Waals surface area contributed by atoms with E-state index in [-0.39, 0.29) is 18.0 Å². The average Bonchev–Trinajstić information content (AvgIpc) is 2.39. The van der Waals surface area contributed by atoms with Gasteiger partial charge in [0.1, 0.15) is 5.82 Å². The van der Waals surface area contributed by atoms with Gasteiger partial charge in [0, 0.05) is 24.8 Å². The predicted octanol–water partition coefficient (Wildman–Crippen LogP) is 2.07. The molecule has 0 aromatic heterocycles. The molecule has 0 radical (unpaired) electrons. The molecule has 0 aliphatic carbocycles. The zero-order valence-electron chi connectivity index (χ0n) is 11.0. The number of nitrogens with one attached hydrogen (secondary N) is 1. The summed E-state index contributed by atoms with van der Waals surface area (Å²) in [7, 11) is 1.87. The number of piperidine rings is 1. The predicted molar refractivity (Wildman–Crippen MR) is 71.3 cm³/mol. The second-order valence-electron chi connectivity index (χ2n) is 4.93. The van der Waals surface area contributed by atoms with Gasteiger partial charge < -0.3 is 15.3 Å². The number of hydrogen-bond acceptors (Lipinski definition) is 3. The normalized spacial score (nSPS) is 19.0. The first-order valence-electron chi connectivity index (χ1n) is 6.51. The van der Waals surface area contributed by atoms with Crippen molar-refractivity contribution in [3.63, 3.8) is 0 Å². The lowest BCUT2D eigenvalue weighted by Crippen LogP contribution is -2.36. The molecule has 1 heterocycles. The fourth-order valence-electron chi connectivity index (χ4n) is 2.42. The van der Waals surface area contributed by atoms with E-state index in [0.717, 1.165) is 37.2 Å². The zero-order valence-corrected chi connectivity index (χ0v) is 11.0. The highest BCUT2D eigenvalue weighted by Gasteiger charge is 2.21. The Balaban J connectivity index is 2.26. The molecule has 1 aliphatic heterocycles. The van der Waals surface area contributed by atoms with Crippen LogP contribution in [-0.2, 0) is 0 Å². The Morgan fingerprint density at radius 3 is 2.67 bits per heavy atom. The van der Waals surface area contributed by atoms with Crippen LogP contribution in [-0.4, -0.2) is 31.3 Å². The quantitative estimate of drug-likeness (QED) is 0.864. The molecule has 2 N–H and O–H groups in total. The number of rotatable bonds is 3. The van der Waals surface area contributed by atoms with Gasteiger partial charge in [0.15, 0.2) is 0 Å². The van der Waals surface area contributed by atoms with Crippen molar-refractivity contribution in [2.24, 2.45) is 0 Å². The van der Waals surface area contributed by atoms with E-state index < -0.39 is 0 Å². The highest BCUT2D eigenvalue weighted by Crippen LogP contribution is 2.29. The topological polar surface area (TPSA) is 35.5 Å². The van der Waals surface area contributed by atoms with E-state index >= 15 is 0 Å². The zero-order chi connectivity index (χ0) is 13.1. The van der Waals surface area contributed by atoms with E-state index in [2.05, 4.69) is 10.2 Å². The first-order chi connectivity index (χ1) is 8.61. The van der Waals surface area contributed by atoms with Crippen molar-refractivity contribution in [3.8, 4) is 0 Å². The Hall–Kier alpha value is -1.13. The molecule has 3 nitrogen and oxygen atoms in total. The Morgan fingerprint density at radius 1 is 1.39 bits per heavy atom. The molecule has 0 saturated carbocycles. The lowest BCUT2D eigenvalue weighted by Gasteiger charge is -2.34. The maximum absolute atomic E-state index is 13.4. The lowest BCUT2D eigenvalue weighted by atomic mass is 10.0. The maximum Gasteiger partial charge on any atom is 0.123 e. The summed E-state index contributed by atoms with van der Waals surface area (Å²) in [5.41, 5.74) is 2.05. The number of benzene rings is 1. The molecule has 0 bridgehead atoms. The van der Waals surface area contributed by atoms with Crippen LogP contribution in [0.3, 0.4) is 0 Å². The fraction of sp³-hybridized carbons (Fsp3) is 0.571. The van der Waals surface area contributed by atoms with E-state index in [1.807, 2.05) is 20.0 Å². The number of nitrogens with zero attached hydrogens (tertiary/aromatic N) is 1. The maximum atomic E-state index is 13.4. The summed E-state index contributed by atoms with van der Waals surface area (Å²) in [6.07, 6.45) is 1.38. The van der Waals surface area contributed by atoms with E-state index in [0.29, 0.717) is 0 Å². The molecule has 1 aromatic carbocycles. The molecular weight excluding hydrogens is 231 g/mol. The van der Waals surface area contributed by atoms with E-state index in [1.165, 1.54) is 6.07 Å². The molecule has 2 rings (SSSR count). The Kier molecular flexibility index (Phi) is 4.19. The fourth-order valence-corrected chi connectivity index (χ4v) is 2.42. The summed E-state index contributed by atoms with van der Waals surface area (Å²) in [6, 6.07) is 5.06. The summed E-state index contributed by atoms with van der Waals surface area (Å²) in [4.78, 5) is 2.23. The van der Waals surface area contributed by atoms with E-state index in [9.17, 15) is 9.50 Å². The van der Waals surface area contributed by atoms with Crippen molar-refractivity contribution in [3.05, 3.63) is 29.6 Å². The van der Waals surface area contributed by atoms with Crippen LogP contribution in [0.25, 0.3) is 0 Å². The molecule has 4 heteroatoms. The molecule has 1 unspecified atom stereocenters. The van der Waals surface area contributed by atoms with Gasteiger partial charge in [-0.25, -0.2) is 4.39 Å². The number of aliphatic hydroxyl groups is 1. The van der Waals surface area contributed by atoms with E-state index in [4.69, 9.17) is 0 Å². The van der Waals surface area contributed by atoms with Crippen molar-refractivity contribution in [1.82, 2.24) is 5.32 Å². The third-order valence-electron chi connectivity index (χ3n) is 3.69. The lowest BCUT2D eigenvalue weighted by molar-refractivity contribution is 0.145. The van der Waals surface area contributed by atoms with Gasteiger partial charge in [-0.1, -0.05) is 0 Å². The SMILES string of the molecule is CNC(C)c1cc(F)ccc1N1CCC(O)CC1. The summed E-state index contributed by atoms with van der Waals surface area (Å²) >= 11 is 0. The van der Waals surface area contributed by atoms with Crippen LogP contribution in [0, 0.1) is 5.82 Å². The second-order valence-corrected chi connectivity index (χ2v) is 4.93. The third kappa shape index (κ3) is 2.82. The van der Waals surface area contributed by atoms with E-state index in [1.54, 1.807) is 6.07 Å². The van der Waals surface area contributed by atoms with Gasteiger partial charge in [-0.3, -0.25) is 0 Å². The first-order valence-corrected chi connectivity index (χ1v) is 6.51. The van der Waals surface area contributed by atoms with Gasteiger partial charge in [-0.15, -0.1) is 0 Å². The molecular formula is C14H21FN2O. The largest absolute Gasteiger partial charge is 0.393 e. The molecule has 18 heavy (non-hydrogen) atoms. The molecule has 0 spiro atoms. The minimum absolute atomic E-state index is 0.113. The minimum atomic E-state index is -0.201. The van der Waals surface area contributed by atoms with Crippen molar-refractivity contribution in [2.75, 3.05) is 25.0 Å². The van der Waals surface area contributed by atoms with Crippen LogP contribution >= 0.6 is 0 Å². The van der Waals surface area contributed by atoms with Gasteiger partial charge in [0.05, 0.1) is 6.10 Å². The summed E-state index contributed by atoms with van der Waals surface area (Å²) in [5.74, 6) is -0.201. The molecule has 1 aromatic rings. The van der Waals surface area contributed by atoms with Gasteiger partial charge in [-0.05, 0) is 50.6 Å². The van der Waals surface area contributed by atoms with Crippen LogP contribution in [0.4, 0.5) is 10.1 Å². The number of anilines is 1. The number of halogens is 1. The van der Waals surface area contributed by atoms with Crippen molar-refractivity contribution in [1.29, 1.82) is 0 Å². The van der Waals surface area contributed by atoms with Gasteiger partial charge in [-0.2, -0.15) is 0 Å². The second kappa shape index (κ2) is 5.67. The van der Waals surface area contributed by atoms with Crippen LogP contribution in [0.2, 0.25) is 0 Å². The number of hydrogen-bond donors (Lipinski definition) is 2. The van der Waals surface area contributed by atoms with Crippen LogP contribution in [0.1, 0.15) is 31.4 Å². The summed E-state index contributed by atoms with van der Waals surface area (Å²) in [6.45, 7) is 3.68. The van der Waals surface area contributed by atoms with Crippen molar-refractivity contribution < 1.29 is 9.50 Å². The highest BCUT2D eigenvalue weighted by molar-refractivity contribution is 5.55. The smallest absolute Gasteiger partial charge is 0.123 e. The molecule has 1 aliphatic rings. The third-order valence-corrected chi connectivity index (χ3v) is 3.69. The first kappa shape index (κ1) is 13.3. The van der Waals surface area contributed by atoms with Crippen LogP contribution in [0.5, 0.6) is 0 Å². The Bertz CT molecular complexity index is 403. The van der Waals surface area contributed by atoms with Crippen LogP contribution in [0.15, 0.2) is 18.2 Å². The molecule has 1 saturated heterocycles. The van der Waals surface area contributed by atoms with Gasteiger partial charge >= 0.3 is 0 Å². The van der Waals surface area contributed by atoms with Gasteiger partial charge in [0.25, 0.3) is 0 Å². The molecule has 1 fully saturated rings. The number of aliphatic hydroxyl groups excluding tert-OH is 1. The van der Waals surface area contributed by atoms with Crippen molar-refractivity contribution in [2.45, 2.75) is 31.9 Å². The Morgan fingerprint density at radius 2 is 2.06 bits per heavy atom. The standard InChI is InChI=1S/C14H21FN2O/c1-10(16-2)13-9-11(15)3-4-14(13)17-7-5-12(18)6-8-17/h3-4,9-10,12,16,18H,5-8H2,1-2H3. The summed E-state index contributed by atoms with van der Waals surface area (Å²) < 4.78 is 13.4. The Labute approximate surface area is 108 Å². The summed E-state index contributed by atoms with van der Waals surface area (Å²) in [5, 5.41) is 12.7. The van der Waals surface area contributed by atoms with Crippen molar-refractivity contribution >= 4 is 5.69 Å². The molecule has 1 atom stereocenters. The molecule has 0 amide bonds. The monoisotopic (exact) mass is 252 g/mol. The van der Waals surface area contributed by atoms with Crippen LogP contribution < -0.4 is 10.2 Å². The van der Waals surface area contributed by atoms with Gasteiger partial charge in [0.2, 0.25) is 0 Å². The minimum Gasteiger partial charge on any atom is -0.393 e.